The number of methoxy groups -OCH3 is 1. The van der Waals surface area contributed by atoms with Crippen LogP contribution in [0.3, 0.4) is 0 Å². The van der Waals surface area contributed by atoms with Crippen molar-refractivity contribution in [2.75, 3.05) is 13.7 Å². The fraction of sp³-hybridized carbons (Fsp3) is 0.368. The van der Waals surface area contributed by atoms with Crippen molar-refractivity contribution < 1.29 is 18.7 Å². The minimum atomic E-state index is -0.201. The Morgan fingerprint density at radius 1 is 1.04 bits per heavy atom. The molecule has 1 heterocycles. The summed E-state index contributed by atoms with van der Waals surface area (Å²) in [7, 11) is 1.40. The fourth-order valence-corrected chi connectivity index (χ4v) is 2.46. The predicted octanol–water partition coefficient (Wildman–Crippen LogP) is 3.80. The zero-order valence-corrected chi connectivity index (χ0v) is 13.9. The van der Waals surface area contributed by atoms with Gasteiger partial charge in [-0.15, -0.1) is 0 Å². The molecule has 0 radical (unpaired) electrons. The summed E-state index contributed by atoms with van der Waals surface area (Å²) in [5, 5.41) is 2.88. The van der Waals surface area contributed by atoms with Gasteiger partial charge in [0, 0.05) is 18.5 Å². The lowest BCUT2D eigenvalue weighted by atomic mass is 10.1. The van der Waals surface area contributed by atoms with Crippen molar-refractivity contribution in [1.82, 2.24) is 5.32 Å². The molecule has 0 aliphatic rings. The molecular weight excluding hydrogens is 306 g/mol. The third-order valence-electron chi connectivity index (χ3n) is 3.78. The topological polar surface area (TPSA) is 68.5 Å². The summed E-state index contributed by atoms with van der Waals surface area (Å²) in [6, 6.07) is 11.5. The van der Waals surface area contributed by atoms with Crippen molar-refractivity contribution in [2.24, 2.45) is 0 Å². The van der Waals surface area contributed by atoms with Crippen molar-refractivity contribution in [1.29, 1.82) is 0 Å². The lowest BCUT2D eigenvalue weighted by Gasteiger charge is -2.05. The normalized spacial score (nSPS) is 10.4. The Morgan fingerprint density at radius 3 is 2.54 bits per heavy atom. The van der Waals surface area contributed by atoms with Gasteiger partial charge in [-0.1, -0.05) is 43.2 Å². The maximum Gasteiger partial charge on any atom is 0.305 e. The Morgan fingerprint density at radius 2 is 1.79 bits per heavy atom. The number of rotatable bonds is 9. The van der Waals surface area contributed by atoms with Crippen molar-refractivity contribution in [3.05, 3.63) is 48.4 Å². The predicted molar refractivity (Wildman–Crippen MR) is 91.6 cm³/mol. The molecule has 2 aromatic rings. The number of carbonyl (C=O) groups is 2. The quantitative estimate of drug-likeness (QED) is 0.561. The van der Waals surface area contributed by atoms with Gasteiger partial charge in [0.15, 0.2) is 5.76 Å². The lowest BCUT2D eigenvalue weighted by molar-refractivity contribution is -0.140. The Bertz CT molecular complexity index is 648. The number of unbranched alkanes of at least 4 members (excludes halogenated alkanes) is 3. The van der Waals surface area contributed by atoms with Crippen LogP contribution in [0.5, 0.6) is 0 Å². The standard InChI is InChI=1S/C19H23NO4/c1-23-17(21)11-7-2-3-8-13-20-19(22)18-16(12-14-24-18)15-9-5-4-6-10-15/h4-6,9-10,12,14H,2-3,7-8,11,13H2,1H3,(H,20,22). The van der Waals surface area contributed by atoms with E-state index < -0.39 is 0 Å². The summed E-state index contributed by atoms with van der Waals surface area (Å²) in [5.41, 5.74) is 1.75. The van der Waals surface area contributed by atoms with Crippen LogP contribution < -0.4 is 5.32 Å². The van der Waals surface area contributed by atoms with Gasteiger partial charge in [0.1, 0.15) is 0 Å². The summed E-state index contributed by atoms with van der Waals surface area (Å²) in [5.74, 6) is -0.0325. The SMILES string of the molecule is COC(=O)CCCCCCNC(=O)c1occc1-c1ccccc1. The Kier molecular flexibility index (Phi) is 7.08. The highest BCUT2D eigenvalue weighted by atomic mass is 16.5. The number of esters is 1. The Balaban J connectivity index is 1.72. The molecule has 24 heavy (non-hydrogen) atoms. The molecule has 1 N–H and O–H groups in total. The fourth-order valence-electron chi connectivity index (χ4n) is 2.46. The van der Waals surface area contributed by atoms with Gasteiger partial charge in [-0.25, -0.2) is 0 Å². The van der Waals surface area contributed by atoms with Crippen LogP contribution in [0.15, 0.2) is 47.1 Å². The number of furan rings is 1. The van der Waals surface area contributed by atoms with Crippen LogP contribution in [0.4, 0.5) is 0 Å². The van der Waals surface area contributed by atoms with E-state index in [-0.39, 0.29) is 11.9 Å². The molecule has 0 spiro atoms. The number of benzene rings is 1. The van der Waals surface area contributed by atoms with E-state index in [2.05, 4.69) is 10.1 Å². The molecule has 0 fully saturated rings. The van der Waals surface area contributed by atoms with E-state index in [0.29, 0.717) is 18.7 Å². The van der Waals surface area contributed by atoms with Crippen LogP contribution in [0, 0.1) is 0 Å². The van der Waals surface area contributed by atoms with Crippen LogP contribution in [0.2, 0.25) is 0 Å². The molecule has 0 bridgehead atoms. The summed E-state index contributed by atoms with van der Waals surface area (Å²) >= 11 is 0. The third kappa shape index (κ3) is 5.26. The second kappa shape index (κ2) is 9.55. The molecule has 0 atom stereocenters. The number of ether oxygens (including phenoxy) is 1. The number of hydrogen-bond acceptors (Lipinski definition) is 4. The molecule has 0 aliphatic heterocycles. The van der Waals surface area contributed by atoms with Gasteiger partial charge in [-0.2, -0.15) is 0 Å². The van der Waals surface area contributed by atoms with Crippen molar-refractivity contribution in [2.45, 2.75) is 32.1 Å². The monoisotopic (exact) mass is 329 g/mol. The first-order valence-corrected chi connectivity index (χ1v) is 8.20. The van der Waals surface area contributed by atoms with Gasteiger partial charge in [-0.3, -0.25) is 9.59 Å². The van der Waals surface area contributed by atoms with Crippen LogP contribution in [0.25, 0.3) is 11.1 Å². The second-order valence-corrected chi connectivity index (χ2v) is 5.53. The summed E-state index contributed by atoms with van der Waals surface area (Å²) in [6.45, 7) is 0.589. The minimum Gasteiger partial charge on any atom is -0.469 e. The summed E-state index contributed by atoms with van der Waals surface area (Å²) in [6.07, 6.45) is 5.58. The third-order valence-corrected chi connectivity index (χ3v) is 3.78. The van der Waals surface area contributed by atoms with Crippen LogP contribution >= 0.6 is 0 Å². The molecular formula is C19H23NO4. The van der Waals surface area contributed by atoms with E-state index in [1.807, 2.05) is 30.3 Å². The molecule has 5 heteroatoms. The van der Waals surface area contributed by atoms with E-state index in [0.717, 1.165) is 36.8 Å². The number of hydrogen-bond donors (Lipinski definition) is 1. The zero-order valence-electron chi connectivity index (χ0n) is 13.9. The highest BCUT2D eigenvalue weighted by Crippen LogP contribution is 2.24. The maximum atomic E-state index is 12.3. The molecule has 2 rings (SSSR count). The first kappa shape index (κ1) is 17.8. The van der Waals surface area contributed by atoms with Crippen LogP contribution in [0.1, 0.15) is 42.7 Å². The zero-order chi connectivity index (χ0) is 17.2. The smallest absolute Gasteiger partial charge is 0.305 e. The second-order valence-electron chi connectivity index (χ2n) is 5.53. The van der Waals surface area contributed by atoms with Crippen molar-refractivity contribution in [3.8, 4) is 11.1 Å². The van der Waals surface area contributed by atoms with Gasteiger partial charge in [0.2, 0.25) is 0 Å². The highest BCUT2D eigenvalue weighted by Gasteiger charge is 2.15. The molecule has 128 valence electrons. The first-order valence-electron chi connectivity index (χ1n) is 8.20. The molecule has 5 nitrogen and oxygen atoms in total. The van der Waals surface area contributed by atoms with E-state index >= 15 is 0 Å². The molecule has 1 aromatic carbocycles. The first-order chi connectivity index (χ1) is 11.7. The average Bonchev–Trinajstić information content (AvgIpc) is 3.11. The molecule has 0 saturated carbocycles. The van der Waals surface area contributed by atoms with Crippen LogP contribution in [-0.2, 0) is 9.53 Å². The van der Waals surface area contributed by atoms with Crippen LogP contribution in [-0.4, -0.2) is 25.5 Å². The lowest BCUT2D eigenvalue weighted by Crippen LogP contribution is -2.24. The molecule has 1 aromatic heterocycles. The average molecular weight is 329 g/mol. The number of carbonyl (C=O) groups excluding carboxylic acids is 2. The van der Waals surface area contributed by atoms with E-state index in [1.165, 1.54) is 13.4 Å². The number of nitrogens with one attached hydrogen (secondary N) is 1. The minimum absolute atomic E-state index is 0.172. The molecule has 0 saturated heterocycles. The Labute approximate surface area is 142 Å². The van der Waals surface area contributed by atoms with Gasteiger partial charge in [0.05, 0.1) is 13.4 Å². The maximum absolute atomic E-state index is 12.3. The van der Waals surface area contributed by atoms with Gasteiger partial charge >= 0.3 is 5.97 Å². The van der Waals surface area contributed by atoms with Gasteiger partial charge < -0.3 is 14.5 Å². The molecule has 1 amide bonds. The van der Waals surface area contributed by atoms with Gasteiger partial charge in [-0.05, 0) is 24.5 Å². The largest absolute Gasteiger partial charge is 0.469 e. The summed E-state index contributed by atoms with van der Waals surface area (Å²) in [4.78, 5) is 23.2. The van der Waals surface area contributed by atoms with E-state index in [4.69, 9.17) is 4.42 Å². The van der Waals surface area contributed by atoms with E-state index in [9.17, 15) is 9.59 Å². The molecule has 0 aliphatic carbocycles. The van der Waals surface area contributed by atoms with E-state index in [1.54, 1.807) is 6.07 Å². The highest BCUT2D eigenvalue weighted by molar-refractivity contribution is 5.98. The van der Waals surface area contributed by atoms with Gasteiger partial charge in [0.25, 0.3) is 5.91 Å². The number of amides is 1. The van der Waals surface area contributed by atoms with Crippen molar-refractivity contribution >= 4 is 11.9 Å². The molecule has 0 unspecified atom stereocenters. The Hall–Kier alpha value is -2.56. The summed E-state index contributed by atoms with van der Waals surface area (Å²) < 4.78 is 9.94. The van der Waals surface area contributed by atoms with Crippen molar-refractivity contribution in [3.63, 3.8) is 0 Å².